The van der Waals surface area contributed by atoms with Crippen molar-refractivity contribution in [2.24, 2.45) is 0 Å². The molecule has 1 aromatic rings. The van der Waals surface area contributed by atoms with Crippen molar-refractivity contribution in [2.75, 3.05) is 6.61 Å². The van der Waals surface area contributed by atoms with E-state index in [0.29, 0.717) is 18.9 Å². The Kier molecular flexibility index (Phi) is 3.59. The van der Waals surface area contributed by atoms with Crippen molar-refractivity contribution >= 4 is 5.97 Å². The maximum Gasteiger partial charge on any atom is 0.305 e. The van der Waals surface area contributed by atoms with Gasteiger partial charge in [-0.1, -0.05) is 0 Å². The monoisotopic (exact) mass is 222 g/mol. The van der Waals surface area contributed by atoms with Crippen LogP contribution in [0.4, 0.5) is 0 Å². The maximum absolute atomic E-state index is 11.1. The van der Waals surface area contributed by atoms with Crippen LogP contribution >= 0.6 is 0 Å². The summed E-state index contributed by atoms with van der Waals surface area (Å²) in [6.45, 7) is 3.09. The van der Waals surface area contributed by atoms with E-state index in [0.717, 1.165) is 13.0 Å². The molecule has 0 amide bonds. The zero-order chi connectivity index (χ0) is 11.4. The van der Waals surface area contributed by atoms with Crippen molar-refractivity contribution in [3.63, 3.8) is 0 Å². The highest BCUT2D eigenvalue weighted by Gasteiger charge is 2.25. The molecular formula is C12H18N2O2. The third kappa shape index (κ3) is 3.08. The fourth-order valence-electron chi connectivity index (χ4n) is 1.72. The highest BCUT2D eigenvalue weighted by molar-refractivity contribution is 5.69. The Balaban J connectivity index is 1.70. The van der Waals surface area contributed by atoms with Gasteiger partial charge in [0.05, 0.1) is 12.3 Å². The van der Waals surface area contributed by atoms with E-state index in [2.05, 4.69) is 11.2 Å². The quantitative estimate of drug-likeness (QED) is 0.692. The minimum Gasteiger partial charge on any atom is -0.466 e. The Labute approximate surface area is 95.6 Å². The van der Waals surface area contributed by atoms with E-state index in [-0.39, 0.29) is 5.97 Å². The average Bonchev–Trinajstić information content (AvgIpc) is 3.00. The lowest BCUT2D eigenvalue weighted by atomic mass is 10.3. The predicted octanol–water partition coefficient (Wildman–Crippen LogP) is 2.10. The highest BCUT2D eigenvalue weighted by Crippen LogP contribution is 2.38. The van der Waals surface area contributed by atoms with E-state index in [4.69, 9.17) is 4.74 Å². The molecule has 1 aliphatic carbocycles. The molecule has 1 aromatic heterocycles. The van der Waals surface area contributed by atoms with Crippen molar-refractivity contribution in [3.05, 3.63) is 18.0 Å². The van der Waals surface area contributed by atoms with Gasteiger partial charge in [-0.15, -0.1) is 0 Å². The number of esters is 1. The smallest absolute Gasteiger partial charge is 0.305 e. The van der Waals surface area contributed by atoms with Gasteiger partial charge in [0, 0.05) is 25.1 Å². The highest BCUT2D eigenvalue weighted by atomic mass is 16.5. The van der Waals surface area contributed by atoms with Crippen molar-refractivity contribution in [2.45, 2.75) is 45.1 Å². The number of aromatic nitrogens is 2. The average molecular weight is 222 g/mol. The molecule has 1 heterocycles. The molecule has 0 radical (unpaired) electrons. The molecule has 1 fully saturated rings. The Morgan fingerprint density at radius 3 is 3.12 bits per heavy atom. The lowest BCUT2D eigenvalue weighted by molar-refractivity contribution is -0.143. The molecule has 0 unspecified atom stereocenters. The summed E-state index contributed by atoms with van der Waals surface area (Å²) in [6.07, 6.45) is 5.83. The molecule has 1 saturated carbocycles. The molecular weight excluding hydrogens is 204 g/mol. The largest absolute Gasteiger partial charge is 0.466 e. The van der Waals surface area contributed by atoms with Crippen LogP contribution < -0.4 is 0 Å². The molecule has 0 aromatic carbocycles. The van der Waals surface area contributed by atoms with Gasteiger partial charge in [0.15, 0.2) is 0 Å². The Hall–Kier alpha value is -1.32. The van der Waals surface area contributed by atoms with Gasteiger partial charge in [-0.25, -0.2) is 0 Å². The zero-order valence-electron chi connectivity index (χ0n) is 9.69. The molecule has 4 heteroatoms. The summed E-state index contributed by atoms with van der Waals surface area (Å²) in [4.78, 5) is 11.1. The standard InChI is InChI=1S/C12H18N2O2/c1-2-16-12(15)4-3-8-14-9-7-11(13-14)10-5-6-10/h7,9-10H,2-6,8H2,1H3. The van der Waals surface area contributed by atoms with Gasteiger partial charge in [0.1, 0.15) is 0 Å². The van der Waals surface area contributed by atoms with Crippen LogP contribution in [-0.2, 0) is 16.1 Å². The first-order chi connectivity index (χ1) is 7.79. The molecule has 0 aliphatic heterocycles. The van der Waals surface area contributed by atoms with Gasteiger partial charge in [-0.2, -0.15) is 5.10 Å². The number of carbonyl (C=O) groups is 1. The van der Waals surface area contributed by atoms with Gasteiger partial charge in [0.25, 0.3) is 0 Å². The van der Waals surface area contributed by atoms with E-state index in [1.165, 1.54) is 18.5 Å². The molecule has 88 valence electrons. The van der Waals surface area contributed by atoms with Crippen LogP contribution in [0.25, 0.3) is 0 Å². The minimum atomic E-state index is -0.114. The molecule has 4 nitrogen and oxygen atoms in total. The van der Waals surface area contributed by atoms with Gasteiger partial charge in [-0.05, 0) is 32.3 Å². The Morgan fingerprint density at radius 2 is 2.44 bits per heavy atom. The summed E-state index contributed by atoms with van der Waals surface area (Å²) in [5, 5.41) is 4.48. The van der Waals surface area contributed by atoms with Crippen LogP contribution in [0.3, 0.4) is 0 Å². The van der Waals surface area contributed by atoms with Gasteiger partial charge < -0.3 is 4.74 Å². The number of carbonyl (C=O) groups excluding carboxylic acids is 1. The van der Waals surface area contributed by atoms with E-state index >= 15 is 0 Å². The van der Waals surface area contributed by atoms with E-state index < -0.39 is 0 Å². The molecule has 0 bridgehead atoms. The number of rotatable bonds is 6. The van der Waals surface area contributed by atoms with Crippen LogP contribution in [0.2, 0.25) is 0 Å². The number of nitrogens with zero attached hydrogens (tertiary/aromatic N) is 2. The molecule has 2 rings (SSSR count). The summed E-state index contributed by atoms with van der Waals surface area (Å²) in [5.41, 5.74) is 1.20. The summed E-state index contributed by atoms with van der Waals surface area (Å²) in [7, 11) is 0. The van der Waals surface area contributed by atoms with Crippen LogP contribution in [0.5, 0.6) is 0 Å². The fraction of sp³-hybridized carbons (Fsp3) is 0.667. The summed E-state index contributed by atoms with van der Waals surface area (Å²) in [6, 6.07) is 2.09. The first-order valence-electron chi connectivity index (χ1n) is 5.98. The molecule has 0 N–H and O–H groups in total. The van der Waals surface area contributed by atoms with Crippen molar-refractivity contribution in [1.82, 2.24) is 9.78 Å². The lowest BCUT2D eigenvalue weighted by Crippen LogP contribution is -2.06. The second kappa shape index (κ2) is 5.14. The predicted molar refractivity (Wildman–Crippen MR) is 60.1 cm³/mol. The van der Waals surface area contributed by atoms with Gasteiger partial charge in [0.2, 0.25) is 0 Å². The number of hydrogen-bond donors (Lipinski definition) is 0. The minimum absolute atomic E-state index is 0.114. The maximum atomic E-state index is 11.1. The van der Waals surface area contributed by atoms with Crippen LogP contribution in [-0.4, -0.2) is 22.4 Å². The Bertz CT molecular complexity index is 356. The van der Waals surface area contributed by atoms with Crippen molar-refractivity contribution < 1.29 is 9.53 Å². The zero-order valence-corrected chi connectivity index (χ0v) is 9.69. The third-order valence-electron chi connectivity index (χ3n) is 2.73. The van der Waals surface area contributed by atoms with Crippen LogP contribution in [0.15, 0.2) is 12.3 Å². The lowest BCUT2D eigenvalue weighted by Gasteiger charge is -2.02. The molecule has 16 heavy (non-hydrogen) atoms. The molecule has 0 atom stereocenters. The summed E-state index contributed by atoms with van der Waals surface area (Å²) < 4.78 is 6.79. The summed E-state index contributed by atoms with van der Waals surface area (Å²) in [5.74, 6) is 0.586. The second-order valence-corrected chi connectivity index (χ2v) is 4.19. The molecule has 0 spiro atoms. The van der Waals surface area contributed by atoms with Crippen LogP contribution in [0.1, 0.15) is 44.2 Å². The molecule has 1 aliphatic rings. The van der Waals surface area contributed by atoms with Crippen LogP contribution in [0, 0.1) is 0 Å². The van der Waals surface area contributed by atoms with Gasteiger partial charge in [-0.3, -0.25) is 9.48 Å². The second-order valence-electron chi connectivity index (χ2n) is 4.19. The molecule has 0 saturated heterocycles. The Morgan fingerprint density at radius 1 is 1.62 bits per heavy atom. The van der Waals surface area contributed by atoms with E-state index in [1.807, 2.05) is 17.8 Å². The van der Waals surface area contributed by atoms with Crippen molar-refractivity contribution in [1.29, 1.82) is 0 Å². The third-order valence-corrected chi connectivity index (χ3v) is 2.73. The van der Waals surface area contributed by atoms with E-state index in [9.17, 15) is 4.79 Å². The van der Waals surface area contributed by atoms with Crippen molar-refractivity contribution in [3.8, 4) is 0 Å². The first kappa shape index (κ1) is 11.2. The summed E-state index contributed by atoms with van der Waals surface area (Å²) >= 11 is 0. The normalized spacial score (nSPS) is 15.1. The number of hydrogen-bond acceptors (Lipinski definition) is 3. The SMILES string of the molecule is CCOC(=O)CCCn1ccc(C2CC2)n1. The number of aryl methyl sites for hydroxylation is 1. The topological polar surface area (TPSA) is 44.1 Å². The van der Waals surface area contributed by atoms with Gasteiger partial charge >= 0.3 is 5.97 Å². The number of ether oxygens (including phenoxy) is 1. The fourth-order valence-corrected chi connectivity index (χ4v) is 1.72. The first-order valence-corrected chi connectivity index (χ1v) is 5.98. The van der Waals surface area contributed by atoms with E-state index in [1.54, 1.807) is 0 Å².